The standard InChI is InChI=1S/C15H19Si.3ClH.Ti/c1-16(2,3)15-10-9-14(12-15)11-13-7-5-4-6-8-13;;;;/h4-8,10H,9,11H2,1-3H3;3*1H;/q-1;;;;+4/p-3. The Morgan fingerprint density at radius 1 is 1.00 bits per heavy atom. The van der Waals surface area contributed by atoms with Gasteiger partial charge < -0.3 is 37.2 Å². The molecule has 1 aromatic carbocycles. The maximum atomic E-state index is 3.62. The van der Waals surface area contributed by atoms with Crippen LogP contribution >= 0.6 is 0 Å². The van der Waals surface area contributed by atoms with Crippen molar-refractivity contribution in [3.05, 3.63) is 58.8 Å². The second-order valence-electron chi connectivity index (χ2n) is 5.46. The van der Waals surface area contributed by atoms with Crippen LogP contribution in [0.4, 0.5) is 0 Å². The fourth-order valence-electron chi connectivity index (χ4n) is 1.97. The van der Waals surface area contributed by atoms with Crippen molar-refractivity contribution in [1.82, 2.24) is 0 Å². The number of benzene rings is 1. The molecule has 0 atom stereocenters. The Balaban J connectivity index is -0.000000722. The summed E-state index contributed by atoms with van der Waals surface area (Å²) in [4.78, 5) is 0. The van der Waals surface area contributed by atoms with Gasteiger partial charge in [-0.25, -0.2) is 11.3 Å². The van der Waals surface area contributed by atoms with Crippen LogP contribution in [0.15, 0.2) is 47.2 Å². The summed E-state index contributed by atoms with van der Waals surface area (Å²) in [5, 5.41) is 1.50. The van der Waals surface area contributed by atoms with Gasteiger partial charge >= 0.3 is 21.7 Å². The first-order valence-electron chi connectivity index (χ1n) is 5.92. The molecule has 0 aromatic heterocycles. The minimum Gasteiger partial charge on any atom is -1.00 e. The van der Waals surface area contributed by atoms with Gasteiger partial charge in [-0.3, -0.25) is 6.08 Å². The van der Waals surface area contributed by atoms with E-state index < -0.39 is 8.07 Å². The molecule has 0 fully saturated rings. The second-order valence-corrected chi connectivity index (χ2v) is 10.5. The number of hydrogen-bond acceptors (Lipinski definition) is 0. The van der Waals surface area contributed by atoms with E-state index in [9.17, 15) is 0 Å². The molecule has 1 aliphatic carbocycles. The van der Waals surface area contributed by atoms with Gasteiger partial charge in [-0.1, -0.05) is 56.4 Å². The van der Waals surface area contributed by atoms with Gasteiger partial charge in [0.05, 0.1) is 0 Å². The summed E-state index contributed by atoms with van der Waals surface area (Å²) >= 11 is 0. The van der Waals surface area contributed by atoms with Crippen LogP contribution in [0, 0.1) is 6.08 Å². The number of allylic oxidation sites excluding steroid dienone is 4. The normalized spacial score (nSPS) is 12.8. The van der Waals surface area contributed by atoms with Gasteiger partial charge in [0.25, 0.3) is 0 Å². The number of hydrogen-bond donors (Lipinski definition) is 0. The van der Waals surface area contributed by atoms with Crippen LogP contribution in [-0.2, 0) is 28.1 Å². The van der Waals surface area contributed by atoms with Gasteiger partial charge in [0.15, 0.2) is 0 Å². The molecule has 1 aromatic rings. The summed E-state index contributed by atoms with van der Waals surface area (Å²) in [5.41, 5.74) is 2.85. The van der Waals surface area contributed by atoms with Crippen molar-refractivity contribution in [2.75, 3.05) is 0 Å². The molecule has 0 nitrogen and oxygen atoms in total. The fraction of sp³-hybridized carbons (Fsp3) is 0.333. The second kappa shape index (κ2) is 11.1. The number of rotatable bonds is 3. The third-order valence-corrected chi connectivity index (χ3v) is 4.88. The molecule has 1 aliphatic rings. The molecule has 0 amide bonds. The van der Waals surface area contributed by atoms with Crippen LogP contribution in [0.5, 0.6) is 0 Å². The Kier molecular flexibility index (Phi) is 14.2. The van der Waals surface area contributed by atoms with Crippen LogP contribution in [0.1, 0.15) is 12.0 Å². The first-order chi connectivity index (χ1) is 7.55. The molecule has 0 saturated heterocycles. The predicted octanol–water partition coefficient (Wildman–Crippen LogP) is -4.82. The van der Waals surface area contributed by atoms with E-state index >= 15 is 0 Å². The molecule has 20 heavy (non-hydrogen) atoms. The van der Waals surface area contributed by atoms with E-state index in [4.69, 9.17) is 0 Å². The van der Waals surface area contributed by atoms with Crippen LogP contribution in [0.25, 0.3) is 0 Å². The molecule has 0 unspecified atom stereocenters. The van der Waals surface area contributed by atoms with Crippen molar-refractivity contribution in [2.24, 2.45) is 0 Å². The third-order valence-electron chi connectivity index (χ3n) is 2.93. The fourth-order valence-corrected chi connectivity index (χ4v) is 3.24. The van der Waals surface area contributed by atoms with E-state index in [1.54, 1.807) is 0 Å². The van der Waals surface area contributed by atoms with Crippen molar-refractivity contribution >= 4 is 8.07 Å². The SMILES string of the molecule is C[Si](C)(C)C1=CCC(Cc2ccccc2)=[C-]1.[Cl-].[Cl-].[Cl-].[Ti+4]. The van der Waals surface area contributed by atoms with Crippen LogP contribution in [0.2, 0.25) is 19.6 Å². The van der Waals surface area contributed by atoms with Crippen molar-refractivity contribution in [1.29, 1.82) is 0 Å². The van der Waals surface area contributed by atoms with Crippen LogP contribution in [0.3, 0.4) is 0 Å². The topological polar surface area (TPSA) is 0 Å². The maximum Gasteiger partial charge on any atom is 4.00 e. The number of halogens is 3. The quantitative estimate of drug-likeness (QED) is 0.364. The molecule has 0 bridgehead atoms. The molecular weight excluding hydrogens is 362 g/mol. The smallest absolute Gasteiger partial charge is 1.00 e. The van der Waals surface area contributed by atoms with E-state index in [0.29, 0.717) is 0 Å². The van der Waals surface area contributed by atoms with Gasteiger partial charge in [0.2, 0.25) is 0 Å². The van der Waals surface area contributed by atoms with E-state index in [1.807, 2.05) is 0 Å². The minimum atomic E-state index is -1.15. The van der Waals surface area contributed by atoms with Crippen LogP contribution < -0.4 is 37.2 Å². The summed E-state index contributed by atoms with van der Waals surface area (Å²) in [6.45, 7) is 7.16. The summed E-state index contributed by atoms with van der Waals surface area (Å²) in [6, 6.07) is 10.7. The van der Waals surface area contributed by atoms with Gasteiger partial charge in [-0.15, -0.1) is 0 Å². The van der Waals surface area contributed by atoms with Crippen molar-refractivity contribution in [3.8, 4) is 0 Å². The van der Waals surface area contributed by atoms with E-state index in [2.05, 4.69) is 62.1 Å². The molecule has 2 rings (SSSR count). The summed E-state index contributed by atoms with van der Waals surface area (Å²) in [7, 11) is -1.15. The maximum absolute atomic E-state index is 3.62. The summed E-state index contributed by atoms with van der Waals surface area (Å²) < 4.78 is 0. The first kappa shape index (κ1) is 25.5. The zero-order chi connectivity index (χ0) is 11.6. The Morgan fingerprint density at radius 3 is 2.00 bits per heavy atom. The average molecular weight is 382 g/mol. The predicted molar refractivity (Wildman–Crippen MR) is 72.9 cm³/mol. The molecular formula is C15H19Cl3SiTi. The minimum absolute atomic E-state index is 0. The van der Waals surface area contributed by atoms with Gasteiger partial charge in [-0.05, 0) is 12.0 Å². The van der Waals surface area contributed by atoms with Crippen molar-refractivity contribution in [3.63, 3.8) is 0 Å². The zero-order valence-corrected chi connectivity index (χ0v) is 16.8. The Hall–Kier alpha value is 0.501. The monoisotopic (exact) mass is 380 g/mol. The van der Waals surface area contributed by atoms with E-state index in [1.165, 1.54) is 16.3 Å². The average Bonchev–Trinajstić information content (AvgIpc) is 2.67. The van der Waals surface area contributed by atoms with Gasteiger partial charge in [-0.2, -0.15) is 5.57 Å². The molecule has 0 heterocycles. The molecule has 5 heteroatoms. The van der Waals surface area contributed by atoms with Crippen molar-refractivity contribution in [2.45, 2.75) is 32.5 Å². The molecule has 0 aliphatic heterocycles. The van der Waals surface area contributed by atoms with Gasteiger partial charge in [0.1, 0.15) is 0 Å². The Bertz CT molecular complexity index is 436. The third kappa shape index (κ3) is 7.49. The zero-order valence-electron chi connectivity index (χ0n) is 12.0. The molecule has 0 radical (unpaired) electrons. The molecule has 108 valence electrons. The van der Waals surface area contributed by atoms with E-state index in [0.717, 1.165) is 12.8 Å². The van der Waals surface area contributed by atoms with Crippen molar-refractivity contribution < 1.29 is 58.9 Å². The summed E-state index contributed by atoms with van der Waals surface area (Å²) in [5.74, 6) is 0. The largest absolute Gasteiger partial charge is 4.00 e. The summed E-state index contributed by atoms with van der Waals surface area (Å²) in [6.07, 6.45) is 8.16. The Labute approximate surface area is 157 Å². The van der Waals surface area contributed by atoms with Gasteiger partial charge in [0, 0.05) is 8.07 Å². The Morgan fingerprint density at radius 2 is 1.55 bits per heavy atom. The molecule has 0 spiro atoms. The van der Waals surface area contributed by atoms with Crippen LogP contribution in [-0.4, -0.2) is 8.07 Å². The van der Waals surface area contributed by atoms with E-state index in [-0.39, 0.29) is 58.9 Å². The molecule has 0 N–H and O–H groups in total. The first-order valence-corrected chi connectivity index (χ1v) is 9.42. The molecule has 0 saturated carbocycles.